The van der Waals surface area contributed by atoms with E-state index in [-0.39, 0.29) is 11.8 Å². The molecule has 0 fully saturated rings. The van der Waals surface area contributed by atoms with Crippen molar-refractivity contribution in [3.05, 3.63) is 113 Å². The number of hydrogen-bond acceptors (Lipinski definition) is 3. The molecule has 0 spiro atoms. The summed E-state index contributed by atoms with van der Waals surface area (Å²) in [6, 6.07) is 24.7. The van der Waals surface area contributed by atoms with E-state index in [1.807, 2.05) is 58.0 Å². The number of hydrogen-bond donors (Lipinski definition) is 0. The third-order valence-corrected chi connectivity index (χ3v) is 6.98. The van der Waals surface area contributed by atoms with Crippen molar-refractivity contribution in [1.29, 1.82) is 0 Å². The van der Waals surface area contributed by atoms with Crippen molar-refractivity contribution in [2.45, 2.75) is 46.7 Å². The zero-order valence-electron chi connectivity index (χ0n) is 22.9. The van der Waals surface area contributed by atoms with E-state index < -0.39 is 17.2 Å². The third-order valence-electron chi connectivity index (χ3n) is 6.98. The van der Waals surface area contributed by atoms with Crippen LogP contribution in [0.4, 0.5) is 13.2 Å². The van der Waals surface area contributed by atoms with Crippen LogP contribution in [-0.2, 0) is 11.0 Å². The highest BCUT2D eigenvalue weighted by Crippen LogP contribution is 2.33. The second kappa shape index (κ2) is 11.5. The number of ether oxygens (including phenoxy) is 1. The first-order chi connectivity index (χ1) is 18.9. The fourth-order valence-electron chi connectivity index (χ4n) is 4.63. The second-order valence-electron chi connectivity index (χ2n) is 10.6. The minimum atomic E-state index is -4.37. The highest BCUT2D eigenvalue weighted by atomic mass is 19.4. The normalized spacial score (nSPS) is 11.8. The molecule has 4 aromatic rings. The average Bonchev–Trinajstić information content (AvgIpc) is 2.93. The Hall–Kier alpha value is -4.19. The molecule has 0 radical (unpaired) electrons. The molecule has 6 heteroatoms. The second-order valence-corrected chi connectivity index (χ2v) is 10.6. The summed E-state index contributed by atoms with van der Waals surface area (Å²) in [7, 11) is 0. The van der Waals surface area contributed by atoms with Crippen LogP contribution in [0.2, 0.25) is 0 Å². The summed E-state index contributed by atoms with van der Waals surface area (Å²) in [6.07, 6.45) is -2.77. The maximum absolute atomic E-state index is 13.0. The Morgan fingerprint density at radius 3 is 1.77 bits per heavy atom. The monoisotopic (exact) mass is 544 g/mol. The fourth-order valence-corrected chi connectivity index (χ4v) is 4.63. The van der Waals surface area contributed by atoms with Gasteiger partial charge >= 0.3 is 12.1 Å². The number of benzene rings is 4. The molecule has 0 heterocycles. The molecule has 0 unspecified atom stereocenters. The maximum atomic E-state index is 13.0. The van der Waals surface area contributed by atoms with Crippen LogP contribution in [0.15, 0.2) is 91.0 Å². The Morgan fingerprint density at radius 2 is 1.25 bits per heavy atom. The molecule has 0 aliphatic rings. The van der Waals surface area contributed by atoms with Crippen LogP contribution in [0.5, 0.6) is 5.75 Å². The zero-order valence-corrected chi connectivity index (χ0v) is 22.9. The SMILES string of the molecule is CCCC(C)(C)C(=O)Oc1ccc(C(=O)c2ccc(-c3ccc(-c4ccc(C(F)(F)F)cc4)c(C)c3)cc2)cc1. The number of aryl methyl sites for hydroxylation is 1. The molecule has 0 N–H and O–H groups in total. The lowest BCUT2D eigenvalue weighted by Crippen LogP contribution is -2.28. The maximum Gasteiger partial charge on any atom is 0.416 e. The molecule has 4 aromatic carbocycles. The number of carbonyl (C=O) groups excluding carboxylic acids is 2. The number of alkyl halides is 3. The molecule has 4 rings (SSSR count). The Bertz CT molecular complexity index is 1500. The molecule has 0 atom stereocenters. The van der Waals surface area contributed by atoms with Gasteiger partial charge in [-0.3, -0.25) is 9.59 Å². The molecule has 206 valence electrons. The molecule has 0 saturated carbocycles. The van der Waals surface area contributed by atoms with Gasteiger partial charge in [0.2, 0.25) is 0 Å². The summed E-state index contributed by atoms with van der Waals surface area (Å²) in [6.45, 7) is 7.65. The topological polar surface area (TPSA) is 43.4 Å². The van der Waals surface area contributed by atoms with Crippen LogP contribution in [0, 0.1) is 12.3 Å². The van der Waals surface area contributed by atoms with Gasteiger partial charge in [0.1, 0.15) is 5.75 Å². The first-order valence-electron chi connectivity index (χ1n) is 13.1. The van der Waals surface area contributed by atoms with E-state index in [2.05, 4.69) is 0 Å². The lowest BCUT2D eigenvalue weighted by atomic mass is 9.88. The highest BCUT2D eigenvalue weighted by molar-refractivity contribution is 6.09. The van der Waals surface area contributed by atoms with Gasteiger partial charge in [-0.05, 0) is 91.4 Å². The van der Waals surface area contributed by atoms with Crippen molar-refractivity contribution < 1.29 is 27.5 Å². The van der Waals surface area contributed by atoms with Crippen molar-refractivity contribution in [2.75, 3.05) is 0 Å². The van der Waals surface area contributed by atoms with Crippen LogP contribution in [-0.4, -0.2) is 11.8 Å². The number of carbonyl (C=O) groups is 2. The minimum absolute atomic E-state index is 0.149. The summed E-state index contributed by atoms with van der Waals surface area (Å²) >= 11 is 0. The Labute approximate surface area is 232 Å². The van der Waals surface area contributed by atoms with Crippen molar-refractivity contribution in [1.82, 2.24) is 0 Å². The van der Waals surface area contributed by atoms with Crippen LogP contribution in [0.3, 0.4) is 0 Å². The van der Waals surface area contributed by atoms with Gasteiger partial charge in [-0.15, -0.1) is 0 Å². The number of ketones is 1. The van der Waals surface area contributed by atoms with Gasteiger partial charge in [-0.1, -0.05) is 67.9 Å². The zero-order chi connectivity index (χ0) is 29.1. The number of halogens is 3. The van der Waals surface area contributed by atoms with E-state index in [4.69, 9.17) is 4.74 Å². The Kier molecular flexibility index (Phi) is 8.29. The van der Waals surface area contributed by atoms with E-state index in [0.717, 1.165) is 47.2 Å². The fraction of sp³-hybridized carbons (Fsp3) is 0.235. The largest absolute Gasteiger partial charge is 0.426 e. The van der Waals surface area contributed by atoms with Gasteiger partial charge in [-0.25, -0.2) is 0 Å². The number of rotatable bonds is 8. The van der Waals surface area contributed by atoms with Gasteiger partial charge in [-0.2, -0.15) is 13.2 Å². The standard InChI is InChI=1S/C34H31F3O3/c1-5-20-33(3,4)32(39)40-29-17-12-26(13-18-29)31(38)25-8-6-23(7-9-25)27-14-19-30(22(2)21-27)24-10-15-28(16-11-24)34(35,36)37/h6-19,21H,5,20H2,1-4H3. The van der Waals surface area contributed by atoms with E-state index in [1.165, 1.54) is 12.1 Å². The summed E-state index contributed by atoms with van der Waals surface area (Å²) in [5, 5.41) is 0. The molecule has 0 aliphatic carbocycles. The molecule has 3 nitrogen and oxygen atoms in total. The van der Waals surface area contributed by atoms with Crippen LogP contribution >= 0.6 is 0 Å². The Balaban J connectivity index is 1.45. The molecular weight excluding hydrogens is 513 g/mol. The van der Waals surface area contributed by atoms with E-state index in [0.29, 0.717) is 22.4 Å². The predicted octanol–water partition coefficient (Wildman–Crippen LogP) is 9.31. The lowest BCUT2D eigenvalue weighted by molar-refractivity contribution is -0.144. The summed E-state index contributed by atoms with van der Waals surface area (Å²) < 4.78 is 44.2. The quantitative estimate of drug-likeness (QED) is 0.126. The first kappa shape index (κ1) is 28.8. The third kappa shape index (κ3) is 6.50. The van der Waals surface area contributed by atoms with Crippen LogP contribution in [0.25, 0.3) is 22.3 Å². The predicted molar refractivity (Wildman–Crippen MR) is 151 cm³/mol. The van der Waals surface area contributed by atoms with Crippen molar-refractivity contribution in [2.24, 2.45) is 5.41 Å². The number of esters is 1. The van der Waals surface area contributed by atoms with Crippen molar-refractivity contribution in [3.63, 3.8) is 0 Å². The molecular formula is C34H31F3O3. The first-order valence-corrected chi connectivity index (χ1v) is 13.1. The van der Waals surface area contributed by atoms with Gasteiger partial charge < -0.3 is 4.74 Å². The summed E-state index contributed by atoms with van der Waals surface area (Å²) in [5.74, 6) is -0.0487. The average molecular weight is 545 g/mol. The molecule has 0 bridgehead atoms. The van der Waals surface area contributed by atoms with E-state index in [9.17, 15) is 22.8 Å². The van der Waals surface area contributed by atoms with Crippen molar-refractivity contribution in [3.8, 4) is 28.0 Å². The summed E-state index contributed by atoms with van der Waals surface area (Å²) in [4.78, 5) is 25.5. The van der Waals surface area contributed by atoms with Gasteiger partial charge in [0.05, 0.1) is 11.0 Å². The molecule has 0 aliphatic heterocycles. The van der Waals surface area contributed by atoms with Crippen molar-refractivity contribution >= 4 is 11.8 Å². The van der Waals surface area contributed by atoms with E-state index in [1.54, 1.807) is 36.4 Å². The highest BCUT2D eigenvalue weighted by Gasteiger charge is 2.30. The molecule has 0 amide bonds. The molecule has 0 saturated heterocycles. The van der Waals surface area contributed by atoms with Crippen LogP contribution < -0.4 is 4.74 Å². The van der Waals surface area contributed by atoms with Gasteiger partial charge in [0, 0.05) is 11.1 Å². The van der Waals surface area contributed by atoms with Crippen LogP contribution in [0.1, 0.15) is 60.7 Å². The van der Waals surface area contributed by atoms with E-state index >= 15 is 0 Å². The molecule has 0 aromatic heterocycles. The van der Waals surface area contributed by atoms with Gasteiger partial charge in [0.15, 0.2) is 5.78 Å². The smallest absolute Gasteiger partial charge is 0.416 e. The summed E-state index contributed by atoms with van der Waals surface area (Å²) in [5.41, 5.74) is 4.09. The minimum Gasteiger partial charge on any atom is -0.426 e. The lowest BCUT2D eigenvalue weighted by Gasteiger charge is -2.21. The van der Waals surface area contributed by atoms with Gasteiger partial charge in [0.25, 0.3) is 0 Å². The Morgan fingerprint density at radius 1 is 0.725 bits per heavy atom. The molecule has 40 heavy (non-hydrogen) atoms.